The standard InChI is InChI=1S/C12H3B4BrO2.CH3B/c13-4-2-6-7(11(17)8(4)14)3-1-5(18)9(15)10(16)12(3)19-6;1-2/h1-2,18H;1H3. The molecule has 3 rings (SSSR count). The molecule has 21 heavy (non-hydrogen) atoms. The van der Waals surface area contributed by atoms with Crippen molar-refractivity contribution in [1.82, 2.24) is 0 Å². The summed E-state index contributed by atoms with van der Waals surface area (Å²) in [5, 5.41) is 11.1. The zero-order chi connectivity index (χ0) is 15.9. The second-order valence-electron chi connectivity index (χ2n) is 4.27. The summed E-state index contributed by atoms with van der Waals surface area (Å²) in [6.45, 7) is 1.50. The lowest BCUT2D eigenvalue weighted by molar-refractivity contribution is 0.480. The third-order valence-corrected chi connectivity index (χ3v) is 3.94. The molecule has 3 aromatic rings. The highest BCUT2D eigenvalue weighted by atomic mass is 79.9. The van der Waals surface area contributed by atoms with Crippen molar-refractivity contribution in [1.29, 1.82) is 0 Å². The summed E-state index contributed by atoms with van der Waals surface area (Å²) in [5.74, 6) is -0.102. The Morgan fingerprint density at radius 3 is 2.24 bits per heavy atom. The minimum Gasteiger partial charge on any atom is -0.509 e. The van der Waals surface area contributed by atoms with Gasteiger partial charge in [0, 0.05) is 15.2 Å². The smallest absolute Gasteiger partial charge is 0.135 e. The van der Waals surface area contributed by atoms with Crippen LogP contribution in [0.5, 0.6) is 5.75 Å². The molecule has 0 aliphatic heterocycles. The third kappa shape index (κ3) is 2.44. The highest BCUT2D eigenvalue weighted by Gasteiger charge is 2.16. The van der Waals surface area contributed by atoms with E-state index < -0.39 is 0 Å². The van der Waals surface area contributed by atoms with Crippen molar-refractivity contribution in [3.05, 3.63) is 16.6 Å². The van der Waals surface area contributed by atoms with Gasteiger partial charge in [-0.05, 0) is 12.1 Å². The van der Waals surface area contributed by atoms with Crippen LogP contribution in [0.25, 0.3) is 21.9 Å². The van der Waals surface area contributed by atoms with Crippen LogP contribution < -0.4 is 21.9 Å². The van der Waals surface area contributed by atoms with Crippen LogP contribution in [0.2, 0.25) is 6.82 Å². The summed E-state index contributed by atoms with van der Waals surface area (Å²) in [6.07, 6.45) is 0. The molecular weight excluding hydrogens is 322 g/mol. The van der Waals surface area contributed by atoms with Crippen molar-refractivity contribution in [2.24, 2.45) is 0 Å². The van der Waals surface area contributed by atoms with E-state index in [0.717, 1.165) is 0 Å². The highest BCUT2D eigenvalue weighted by Crippen LogP contribution is 2.32. The second-order valence-corrected chi connectivity index (χ2v) is 5.06. The maximum Gasteiger partial charge on any atom is 0.135 e. The Morgan fingerprint density at radius 1 is 1.00 bits per heavy atom. The van der Waals surface area contributed by atoms with Gasteiger partial charge < -0.3 is 9.52 Å². The van der Waals surface area contributed by atoms with E-state index in [1.807, 2.05) is 0 Å². The molecule has 92 valence electrons. The van der Waals surface area contributed by atoms with E-state index in [-0.39, 0.29) is 16.7 Å². The van der Waals surface area contributed by atoms with Crippen LogP contribution in [0.3, 0.4) is 0 Å². The molecule has 0 saturated heterocycles. The van der Waals surface area contributed by atoms with Crippen molar-refractivity contribution in [3.8, 4) is 5.75 Å². The number of aromatic hydroxyl groups is 1. The zero-order valence-corrected chi connectivity index (χ0v) is 12.9. The largest absolute Gasteiger partial charge is 0.509 e. The average molecular weight is 328 g/mol. The Balaban J connectivity index is 0.000000774. The van der Waals surface area contributed by atoms with Gasteiger partial charge in [-0.1, -0.05) is 44.6 Å². The molecule has 1 aromatic heterocycles. The van der Waals surface area contributed by atoms with Crippen LogP contribution >= 0.6 is 15.9 Å². The lowest BCUT2D eigenvalue weighted by atomic mass is 9.78. The second kappa shape index (κ2) is 5.92. The lowest BCUT2D eigenvalue weighted by Crippen LogP contribution is -2.26. The van der Waals surface area contributed by atoms with E-state index >= 15 is 0 Å². The fourth-order valence-electron chi connectivity index (χ4n) is 2.08. The number of halogens is 1. The fourth-order valence-corrected chi connectivity index (χ4v) is 2.72. The molecule has 0 unspecified atom stereocenters. The predicted molar refractivity (Wildman–Crippen MR) is 96.3 cm³/mol. The van der Waals surface area contributed by atoms with Gasteiger partial charge in [0.2, 0.25) is 0 Å². The zero-order valence-electron chi connectivity index (χ0n) is 11.3. The maximum atomic E-state index is 9.77. The highest BCUT2D eigenvalue weighted by molar-refractivity contribution is 9.10. The Bertz CT molecular complexity index is 844. The van der Waals surface area contributed by atoms with Gasteiger partial charge in [-0.15, -0.1) is 0 Å². The summed E-state index contributed by atoms with van der Waals surface area (Å²) in [5.41, 5.74) is 2.00. The van der Waals surface area contributed by atoms with Gasteiger partial charge in [-0.3, -0.25) is 0 Å². The molecule has 0 saturated carbocycles. The van der Waals surface area contributed by atoms with Gasteiger partial charge >= 0.3 is 0 Å². The van der Waals surface area contributed by atoms with Crippen molar-refractivity contribution >= 4 is 99.0 Å². The van der Waals surface area contributed by atoms with E-state index in [2.05, 4.69) is 23.8 Å². The molecule has 2 aromatic carbocycles. The number of fused-ring (bicyclic) bond motifs is 3. The summed E-state index contributed by atoms with van der Waals surface area (Å²) in [6, 6.07) is 3.11. The molecule has 10 radical (unpaired) electrons. The minimum absolute atomic E-state index is 0.0867. The summed E-state index contributed by atoms with van der Waals surface area (Å²) >= 11 is 3.38. The first-order valence-corrected chi connectivity index (χ1v) is 6.75. The van der Waals surface area contributed by atoms with Gasteiger partial charge in [-0.2, -0.15) is 0 Å². The van der Waals surface area contributed by atoms with Crippen LogP contribution in [-0.4, -0.2) is 44.3 Å². The van der Waals surface area contributed by atoms with Gasteiger partial charge in [0.1, 0.15) is 48.3 Å². The summed E-state index contributed by atoms with van der Waals surface area (Å²) < 4.78 is 6.26. The normalized spacial score (nSPS) is 10.6. The Hall–Kier alpha value is -1.16. The number of hydrogen-bond donors (Lipinski definition) is 1. The van der Waals surface area contributed by atoms with Crippen LogP contribution in [-0.2, 0) is 0 Å². The van der Waals surface area contributed by atoms with Crippen molar-refractivity contribution in [2.75, 3.05) is 0 Å². The molecule has 0 fully saturated rings. The molecule has 0 aliphatic rings. The van der Waals surface area contributed by atoms with E-state index in [1.54, 1.807) is 6.07 Å². The van der Waals surface area contributed by atoms with E-state index in [1.165, 1.54) is 12.9 Å². The number of phenols is 1. The Morgan fingerprint density at radius 2 is 1.62 bits per heavy atom. The molecule has 0 spiro atoms. The Kier molecular flexibility index (Phi) is 4.57. The minimum atomic E-state index is -0.102. The number of phenolic OH excluding ortho intramolecular Hbond substituents is 1. The molecule has 1 heterocycles. The first-order valence-electron chi connectivity index (χ1n) is 5.96. The fraction of sp³-hybridized carbons (Fsp3) is 0.0769. The number of hydrogen-bond acceptors (Lipinski definition) is 2. The van der Waals surface area contributed by atoms with Gasteiger partial charge in [0.25, 0.3) is 0 Å². The SMILES string of the molecule is [B]C.[B]c1cc2oc3c([B])c([B])c(O)cc3c2c(Br)c1[B]. The van der Waals surface area contributed by atoms with Gasteiger partial charge in [0.05, 0.1) is 7.85 Å². The molecule has 2 nitrogen and oxygen atoms in total. The third-order valence-electron chi connectivity index (χ3n) is 3.12. The Labute approximate surface area is 137 Å². The molecular formula is C13H6B5BrO2. The number of rotatable bonds is 0. The molecule has 0 atom stereocenters. The molecule has 0 amide bonds. The van der Waals surface area contributed by atoms with Gasteiger partial charge in [0.15, 0.2) is 0 Å². The molecule has 0 aliphatic carbocycles. The quantitative estimate of drug-likeness (QED) is 0.561. The van der Waals surface area contributed by atoms with Crippen LogP contribution in [0.4, 0.5) is 0 Å². The lowest BCUT2D eigenvalue weighted by Gasteiger charge is -2.06. The molecule has 8 heteroatoms. The van der Waals surface area contributed by atoms with Crippen molar-refractivity contribution in [2.45, 2.75) is 6.82 Å². The number of benzene rings is 2. The predicted octanol–water partition coefficient (Wildman–Crippen LogP) is -0.568. The van der Waals surface area contributed by atoms with Crippen LogP contribution in [0, 0.1) is 0 Å². The number of furan rings is 1. The first-order chi connectivity index (χ1) is 9.91. The summed E-state index contributed by atoms with van der Waals surface area (Å²) in [7, 11) is 27.7. The van der Waals surface area contributed by atoms with Crippen molar-refractivity contribution in [3.63, 3.8) is 0 Å². The summed E-state index contributed by atoms with van der Waals surface area (Å²) in [4.78, 5) is 0. The van der Waals surface area contributed by atoms with E-state index in [9.17, 15) is 5.11 Å². The first kappa shape index (κ1) is 16.2. The average Bonchev–Trinajstić information content (AvgIpc) is 2.83. The van der Waals surface area contributed by atoms with Gasteiger partial charge in [-0.25, -0.2) is 0 Å². The topological polar surface area (TPSA) is 33.4 Å². The van der Waals surface area contributed by atoms with Crippen LogP contribution in [0.1, 0.15) is 0 Å². The monoisotopic (exact) mass is 328 g/mol. The molecule has 0 bridgehead atoms. The maximum absolute atomic E-state index is 9.77. The van der Waals surface area contributed by atoms with E-state index in [4.69, 9.17) is 35.8 Å². The molecule has 1 N–H and O–H groups in total. The van der Waals surface area contributed by atoms with Crippen LogP contribution in [0.15, 0.2) is 21.0 Å². The van der Waals surface area contributed by atoms with E-state index in [0.29, 0.717) is 37.3 Å². The van der Waals surface area contributed by atoms with Crippen molar-refractivity contribution < 1.29 is 9.52 Å².